The molecule has 0 bridgehead atoms. The Morgan fingerprint density at radius 3 is 2.56 bits per heavy atom. The second-order valence-corrected chi connectivity index (χ2v) is 8.76. The predicted molar refractivity (Wildman–Crippen MR) is 120 cm³/mol. The van der Waals surface area contributed by atoms with Crippen molar-refractivity contribution in [2.45, 2.75) is 59.3 Å². The van der Waals surface area contributed by atoms with Gasteiger partial charge in [0.25, 0.3) is 0 Å². The van der Waals surface area contributed by atoms with Gasteiger partial charge in [0.1, 0.15) is 18.0 Å². The zero-order chi connectivity index (χ0) is 23.5. The first-order valence-electron chi connectivity index (χ1n) is 10.4. The van der Waals surface area contributed by atoms with E-state index in [2.05, 4.69) is 10.4 Å². The van der Waals surface area contributed by atoms with E-state index in [-0.39, 0.29) is 18.2 Å². The molecule has 1 atom stereocenters. The summed E-state index contributed by atoms with van der Waals surface area (Å²) < 4.78 is 25.4. The molecule has 7 nitrogen and oxygen atoms in total. The summed E-state index contributed by atoms with van der Waals surface area (Å²) in [5, 5.41) is 8.19. The highest BCUT2D eigenvalue weighted by Crippen LogP contribution is 2.27. The van der Waals surface area contributed by atoms with Crippen molar-refractivity contribution in [2.24, 2.45) is 5.10 Å². The van der Waals surface area contributed by atoms with Crippen LogP contribution in [0.1, 0.15) is 50.8 Å². The molecule has 0 aliphatic carbocycles. The summed E-state index contributed by atoms with van der Waals surface area (Å²) in [6.45, 7) is 8.90. The lowest BCUT2D eigenvalue weighted by Crippen LogP contribution is -2.30. The van der Waals surface area contributed by atoms with Crippen LogP contribution in [0.3, 0.4) is 0 Å². The maximum Gasteiger partial charge on any atom is 0.430 e. The van der Waals surface area contributed by atoms with Crippen molar-refractivity contribution in [2.75, 3.05) is 5.32 Å². The molecule has 1 aliphatic heterocycles. The van der Waals surface area contributed by atoms with Gasteiger partial charge < -0.3 is 9.47 Å². The number of amides is 2. The lowest BCUT2D eigenvalue weighted by atomic mass is 10.0. The summed E-state index contributed by atoms with van der Waals surface area (Å²) in [6, 6.07) is 11.9. The minimum Gasteiger partial charge on any atom is -0.444 e. The number of benzene rings is 2. The summed E-state index contributed by atoms with van der Waals surface area (Å²) >= 11 is 0. The largest absolute Gasteiger partial charge is 0.444 e. The number of nitrogens with zero attached hydrogens (tertiary/aromatic N) is 2. The molecule has 8 heteroatoms. The molecule has 0 aromatic heterocycles. The molecule has 32 heavy (non-hydrogen) atoms. The third kappa shape index (κ3) is 5.84. The van der Waals surface area contributed by atoms with Crippen LogP contribution in [0, 0.1) is 12.7 Å². The molecule has 2 amide bonds. The Kier molecular flexibility index (Phi) is 6.81. The molecule has 3 rings (SSSR count). The molecular weight excluding hydrogens is 413 g/mol. The van der Waals surface area contributed by atoms with E-state index in [0.717, 1.165) is 5.56 Å². The topological polar surface area (TPSA) is 80.2 Å². The second-order valence-electron chi connectivity index (χ2n) is 8.76. The number of rotatable bonds is 4. The van der Waals surface area contributed by atoms with Crippen molar-refractivity contribution in [1.82, 2.24) is 5.01 Å². The Morgan fingerprint density at radius 2 is 1.91 bits per heavy atom. The standard InChI is InChI=1S/C24H28FN3O4/c1-15-11-19(25)18(13-20(15)26-22(29)32-24(3,4)5)21-12-16(2)28(27-21)23(30)31-14-17-9-7-6-8-10-17/h6-11,13,16H,12,14H2,1-5H3,(H,26,29). The van der Waals surface area contributed by atoms with Gasteiger partial charge in [-0.25, -0.2) is 14.0 Å². The highest BCUT2D eigenvalue weighted by Gasteiger charge is 2.31. The van der Waals surface area contributed by atoms with Gasteiger partial charge in [0.05, 0.1) is 11.8 Å². The number of anilines is 1. The fraction of sp³-hybridized carbons (Fsp3) is 0.375. The number of ether oxygens (including phenoxy) is 2. The van der Waals surface area contributed by atoms with E-state index in [1.165, 1.54) is 17.1 Å². The Hall–Kier alpha value is -3.42. The third-order valence-electron chi connectivity index (χ3n) is 4.79. The zero-order valence-electron chi connectivity index (χ0n) is 18.9. The minimum absolute atomic E-state index is 0.122. The number of hydrogen-bond acceptors (Lipinski definition) is 5. The van der Waals surface area contributed by atoms with Gasteiger partial charge >= 0.3 is 12.2 Å². The van der Waals surface area contributed by atoms with E-state index in [1.807, 2.05) is 37.3 Å². The first-order valence-corrected chi connectivity index (χ1v) is 10.4. The molecule has 0 spiro atoms. The summed E-state index contributed by atoms with van der Waals surface area (Å²) in [5.74, 6) is -0.484. The number of hydrazone groups is 1. The van der Waals surface area contributed by atoms with Gasteiger partial charge in [-0.15, -0.1) is 0 Å². The summed E-state index contributed by atoms with van der Waals surface area (Å²) in [5.41, 5.74) is 1.77. The molecule has 2 aromatic carbocycles. The Labute approximate surface area is 187 Å². The lowest BCUT2D eigenvalue weighted by molar-refractivity contribution is 0.0635. The van der Waals surface area contributed by atoms with Crippen LogP contribution in [0.25, 0.3) is 0 Å². The highest BCUT2D eigenvalue weighted by atomic mass is 19.1. The van der Waals surface area contributed by atoms with E-state index >= 15 is 0 Å². The average Bonchev–Trinajstić information content (AvgIpc) is 3.09. The van der Waals surface area contributed by atoms with Crippen LogP contribution < -0.4 is 5.32 Å². The quantitative estimate of drug-likeness (QED) is 0.668. The van der Waals surface area contributed by atoms with Crippen molar-refractivity contribution in [3.63, 3.8) is 0 Å². The van der Waals surface area contributed by atoms with Crippen LogP contribution in [-0.4, -0.2) is 34.5 Å². The van der Waals surface area contributed by atoms with Crippen molar-refractivity contribution in [1.29, 1.82) is 0 Å². The molecule has 1 N–H and O–H groups in total. The van der Waals surface area contributed by atoms with Crippen LogP contribution in [-0.2, 0) is 16.1 Å². The third-order valence-corrected chi connectivity index (χ3v) is 4.79. The smallest absolute Gasteiger partial charge is 0.430 e. The normalized spacial score (nSPS) is 15.9. The van der Waals surface area contributed by atoms with Gasteiger partial charge in [0.15, 0.2) is 0 Å². The van der Waals surface area contributed by atoms with Crippen molar-refractivity contribution >= 4 is 23.6 Å². The first-order chi connectivity index (χ1) is 15.0. The van der Waals surface area contributed by atoms with E-state index in [0.29, 0.717) is 23.4 Å². The maximum absolute atomic E-state index is 14.8. The second kappa shape index (κ2) is 9.38. The van der Waals surface area contributed by atoms with Crippen molar-refractivity contribution in [3.05, 3.63) is 65.0 Å². The van der Waals surface area contributed by atoms with E-state index in [9.17, 15) is 14.0 Å². The lowest BCUT2D eigenvalue weighted by Gasteiger charge is -2.20. The number of nitrogens with one attached hydrogen (secondary N) is 1. The number of aryl methyl sites for hydroxylation is 1. The first kappa shape index (κ1) is 23.2. The molecule has 0 saturated carbocycles. The Bertz CT molecular complexity index is 1030. The van der Waals surface area contributed by atoms with Gasteiger partial charge in [-0.1, -0.05) is 30.3 Å². The number of halogens is 1. The average molecular weight is 442 g/mol. The minimum atomic E-state index is -0.660. The van der Waals surface area contributed by atoms with Crippen LogP contribution in [0.5, 0.6) is 0 Å². The maximum atomic E-state index is 14.8. The van der Waals surface area contributed by atoms with Crippen molar-refractivity contribution in [3.8, 4) is 0 Å². The van der Waals surface area contributed by atoms with Crippen LogP contribution >= 0.6 is 0 Å². The molecule has 1 unspecified atom stereocenters. The van der Waals surface area contributed by atoms with Crippen LogP contribution in [0.2, 0.25) is 0 Å². The molecular formula is C24H28FN3O4. The zero-order valence-corrected chi connectivity index (χ0v) is 18.9. The van der Waals surface area contributed by atoms with E-state index in [1.54, 1.807) is 27.7 Å². The monoisotopic (exact) mass is 441 g/mol. The van der Waals surface area contributed by atoms with Gasteiger partial charge in [-0.05, 0) is 57.9 Å². The van der Waals surface area contributed by atoms with Crippen LogP contribution in [0.15, 0.2) is 47.6 Å². The molecule has 0 radical (unpaired) electrons. The Morgan fingerprint density at radius 1 is 1.22 bits per heavy atom. The summed E-state index contributed by atoms with van der Waals surface area (Å²) in [4.78, 5) is 24.7. The molecule has 2 aromatic rings. The molecule has 0 fully saturated rings. The summed E-state index contributed by atoms with van der Waals surface area (Å²) in [6.07, 6.45) is -0.881. The predicted octanol–water partition coefficient (Wildman–Crippen LogP) is 5.62. The number of carbonyl (C=O) groups excluding carboxylic acids is 2. The molecule has 1 aliphatic rings. The van der Waals surface area contributed by atoms with E-state index in [4.69, 9.17) is 9.47 Å². The van der Waals surface area contributed by atoms with E-state index < -0.39 is 23.6 Å². The molecule has 1 heterocycles. The fourth-order valence-corrected chi connectivity index (χ4v) is 3.25. The summed E-state index contributed by atoms with van der Waals surface area (Å²) in [7, 11) is 0. The van der Waals surface area contributed by atoms with Crippen LogP contribution in [0.4, 0.5) is 19.7 Å². The highest BCUT2D eigenvalue weighted by molar-refractivity contribution is 6.04. The fourth-order valence-electron chi connectivity index (χ4n) is 3.25. The van der Waals surface area contributed by atoms with Gasteiger partial charge in [0, 0.05) is 17.7 Å². The molecule has 0 saturated heterocycles. The van der Waals surface area contributed by atoms with Crippen molar-refractivity contribution < 1.29 is 23.5 Å². The van der Waals surface area contributed by atoms with Gasteiger partial charge in [0.2, 0.25) is 0 Å². The SMILES string of the molecule is Cc1cc(F)c(C2=NN(C(=O)OCc3ccccc3)C(C)C2)cc1NC(=O)OC(C)(C)C. The number of carbonyl (C=O) groups is 2. The Balaban J connectivity index is 1.76. The van der Waals surface area contributed by atoms with Gasteiger partial charge in [-0.3, -0.25) is 5.32 Å². The van der Waals surface area contributed by atoms with Gasteiger partial charge in [-0.2, -0.15) is 10.1 Å². The number of hydrogen-bond donors (Lipinski definition) is 1. The molecule has 170 valence electrons.